The lowest BCUT2D eigenvalue weighted by molar-refractivity contribution is 0.0838. The Hall–Kier alpha value is 0.234. The van der Waals surface area contributed by atoms with E-state index in [4.69, 9.17) is 17.7 Å². The van der Waals surface area contributed by atoms with E-state index in [0.29, 0.717) is 37.8 Å². The summed E-state index contributed by atoms with van der Waals surface area (Å²) < 4.78 is 25.9. The summed E-state index contributed by atoms with van der Waals surface area (Å²) in [4.78, 5) is 2.68. The molecule has 0 bridgehead atoms. The van der Waals surface area contributed by atoms with Crippen molar-refractivity contribution in [1.29, 1.82) is 0 Å². The summed E-state index contributed by atoms with van der Waals surface area (Å²) in [6, 6.07) is 1.93. The predicted molar refractivity (Wildman–Crippen MR) is 124 cm³/mol. The summed E-state index contributed by atoms with van der Waals surface area (Å²) in [5.74, 6) is 0. The van der Waals surface area contributed by atoms with Crippen molar-refractivity contribution >= 4 is 17.1 Å². The van der Waals surface area contributed by atoms with E-state index in [1.165, 1.54) is 0 Å². The van der Waals surface area contributed by atoms with Gasteiger partial charge in [0.1, 0.15) is 0 Å². The van der Waals surface area contributed by atoms with Crippen molar-refractivity contribution in [1.82, 2.24) is 4.90 Å². The zero-order valence-electron chi connectivity index (χ0n) is 20.3. The molecule has 2 unspecified atom stereocenters. The van der Waals surface area contributed by atoms with Gasteiger partial charge in [0, 0.05) is 26.4 Å². The minimum atomic E-state index is -2.38. The molecule has 2 atom stereocenters. The third-order valence-electron chi connectivity index (χ3n) is 5.61. The topological polar surface area (TPSA) is 40.2 Å². The highest BCUT2D eigenvalue weighted by molar-refractivity contribution is 6.70. The Balaban J connectivity index is 6.30. The Labute approximate surface area is 178 Å². The number of nitrogens with zero attached hydrogens (tertiary/aromatic N) is 1. The van der Waals surface area contributed by atoms with Crippen molar-refractivity contribution in [3.63, 3.8) is 0 Å². The van der Waals surface area contributed by atoms with E-state index in [2.05, 4.69) is 67.2 Å². The molecule has 5 nitrogen and oxygen atoms in total. The van der Waals surface area contributed by atoms with Crippen molar-refractivity contribution in [3.8, 4) is 0 Å². The highest BCUT2D eigenvalue weighted by Crippen LogP contribution is 2.33. The molecule has 0 fully saturated rings. The van der Waals surface area contributed by atoms with Crippen LogP contribution in [-0.2, 0) is 17.7 Å². The smallest absolute Gasteiger partial charge is 0.355 e. The summed E-state index contributed by atoms with van der Waals surface area (Å²) in [7, 11) is -4.76. The standard InChI is InChI=1S/C21H49NO4Si2/c1-10-19-22(20(11-2)27(17-8,23-13-4)24-14-5)21(12-3)28(18-9,25-15-6)26-16-7/h20-21H,10-19H2,1-9H3. The van der Waals surface area contributed by atoms with Crippen LogP contribution >= 0.6 is 0 Å². The third kappa shape index (κ3) is 6.89. The van der Waals surface area contributed by atoms with E-state index in [1.807, 2.05) is 0 Å². The fraction of sp³-hybridized carbons (Fsp3) is 1.00. The summed E-state index contributed by atoms with van der Waals surface area (Å²) >= 11 is 0. The fourth-order valence-electron chi connectivity index (χ4n) is 4.71. The first-order chi connectivity index (χ1) is 13.5. The highest BCUT2D eigenvalue weighted by atomic mass is 28.4. The van der Waals surface area contributed by atoms with Gasteiger partial charge in [-0.2, -0.15) is 0 Å². The van der Waals surface area contributed by atoms with Crippen LogP contribution in [0.15, 0.2) is 0 Å². The van der Waals surface area contributed by atoms with Crippen LogP contribution in [0.1, 0.15) is 81.6 Å². The average Bonchev–Trinajstić information content (AvgIpc) is 2.69. The maximum atomic E-state index is 6.47. The van der Waals surface area contributed by atoms with Crippen LogP contribution in [0, 0.1) is 0 Å². The van der Waals surface area contributed by atoms with Gasteiger partial charge in [0.15, 0.2) is 0 Å². The van der Waals surface area contributed by atoms with Crippen molar-refractivity contribution < 1.29 is 17.7 Å². The molecule has 0 N–H and O–H groups in total. The number of hydrogen-bond donors (Lipinski definition) is 0. The Morgan fingerprint density at radius 1 is 0.571 bits per heavy atom. The second kappa shape index (κ2) is 15.1. The molecule has 28 heavy (non-hydrogen) atoms. The monoisotopic (exact) mass is 435 g/mol. The van der Waals surface area contributed by atoms with Gasteiger partial charge in [-0.3, -0.25) is 4.90 Å². The van der Waals surface area contributed by atoms with Gasteiger partial charge in [-0.1, -0.05) is 34.6 Å². The van der Waals surface area contributed by atoms with Crippen LogP contribution in [0.25, 0.3) is 0 Å². The van der Waals surface area contributed by atoms with Gasteiger partial charge < -0.3 is 17.7 Å². The average molecular weight is 436 g/mol. The summed E-state index contributed by atoms with van der Waals surface area (Å²) in [5, 5.41) is 0. The Bertz CT molecular complexity index is 343. The largest absolute Gasteiger partial charge is 0.394 e. The Kier molecular flexibility index (Phi) is 15.2. The highest BCUT2D eigenvalue weighted by Gasteiger charge is 2.53. The van der Waals surface area contributed by atoms with Gasteiger partial charge in [-0.15, -0.1) is 0 Å². The molecule has 0 spiro atoms. The molecule has 0 amide bonds. The lowest BCUT2D eigenvalue weighted by atomic mass is 10.3. The molecule has 0 saturated heterocycles. The molecule has 0 saturated carbocycles. The second-order valence-corrected chi connectivity index (χ2v) is 14.3. The van der Waals surface area contributed by atoms with E-state index in [1.54, 1.807) is 0 Å². The van der Waals surface area contributed by atoms with Crippen LogP contribution in [0.2, 0.25) is 12.1 Å². The molecular formula is C21H49NO4Si2. The quantitative estimate of drug-likeness (QED) is 0.269. The van der Waals surface area contributed by atoms with Crippen LogP contribution in [0.4, 0.5) is 0 Å². The van der Waals surface area contributed by atoms with Gasteiger partial charge in [0.2, 0.25) is 0 Å². The van der Waals surface area contributed by atoms with E-state index in [9.17, 15) is 0 Å². The first-order valence-corrected chi connectivity index (χ1v) is 16.0. The molecule has 0 aliphatic rings. The summed E-state index contributed by atoms with van der Waals surface area (Å²) in [6.45, 7) is 23.5. The van der Waals surface area contributed by atoms with Gasteiger partial charge in [0.05, 0.1) is 11.3 Å². The van der Waals surface area contributed by atoms with Crippen molar-refractivity contribution in [3.05, 3.63) is 0 Å². The summed E-state index contributed by atoms with van der Waals surface area (Å²) in [6.07, 6.45) is 3.16. The SMILES string of the molecule is CCCN(C(CC)[Si](CC)(OCC)OCC)C(CC)[Si](CC)(OCC)OCC. The van der Waals surface area contributed by atoms with E-state index in [0.717, 1.165) is 37.9 Å². The second-order valence-electron chi connectivity index (χ2n) is 7.15. The molecule has 7 heteroatoms. The van der Waals surface area contributed by atoms with Crippen LogP contribution in [-0.4, -0.2) is 66.3 Å². The minimum absolute atomic E-state index is 0.307. The lowest BCUT2D eigenvalue weighted by Crippen LogP contribution is -2.69. The summed E-state index contributed by atoms with van der Waals surface area (Å²) in [5.41, 5.74) is 0.614. The number of rotatable bonds is 18. The first-order valence-electron chi connectivity index (χ1n) is 11.8. The van der Waals surface area contributed by atoms with E-state index < -0.39 is 17.1 Å². The molecule has 0 aromatic rings. The van der Waals surface area contributed by atoms with Crippen LogP contribution in [0.5, 0.6) is 0 Å². The van der Waals surface area contributed by atoms with Crippen LogP contribution in [0.3, 0.4) is 0 Å². The first kappa shape index (κ1) is 28.2. The van der Waals surface area contributed by atoms with Crippen molar-refractivity contribution in [2.45, 2.75) is 105 Å². The van der Waals surface area contributed by atoms with Crippen LogP contribution < -0.4 is 0 Å². The lowest BCUT2D eigenvalue weighted by Gasteiger charge is -2.49. The molecule has 0 aliphatic carbocycles. The Morgan fingerprint density at radius 2 is 0.893 bits per heavy atom. The molecule has 0 aromatic carbocycles. The molecule has 0 heterocycles. The number of hydrogen-bond acceptors (Lipinski definition) is 5. The maximum Gasteiger partial charge on any atom is 0.355 e. The third-order valence-corrected chi connectivity index (χ3v) is 14.2. The minimum Gasteiger partial charge on any atom is -0.394 e. The predicted octanol–water partition coefficient (Wildman–Crippen LogP) is 5.40. The van der Waals surface area contributed by atoms with Crippen molar-refractivity contribution in [2.75, 3.05) is 33.0 Å². The van der Waals surface area contributed by atoms with Gasteiger partial charge in [-0.25, -0.2) is 0 Å². The Morgan fingerprint density at radius 3 is 1.07 bits per heavy atom. The molecule has 0 aromatic heterocycles. The molecular weight excluding hydrogens is 386 g/mol. The van der Waals surface area contributed by atoms with E-state index >= 15 is 0 Å². The molecule has 170 valence electrons. The normalized spacial score (nSPS) is 15.2. The van der Waals surface area contributed by atoms with E-state index in [-0.39, 0.29) is 0 Å². The van der Waals surface area contributed by atoms with Gasteiger partial charge >= 0.3 is 17.1 Å². The van der Waals surface area contributed by atoms with Gasteiger partial charge in [-0.05, 0) is 65.6 Å². The fourth-order valence-corrected chi connectivity index (χ4v) is 12.4. The molecule has 0 radical (unpaired) electrons. The molecule has 0 rings (SSSR count). The zero-order valence-corrected chi connectivity index (χ0v) is 22.3. The zero-order chi connectivity index (χ0) is 21.6. The van der Waals surface area contributed by atoms with Gasteiger partial charge in [0.25, 0.3) is 0 Å². The van der Waals surface area contributed by atoms with Crippen molar-refractivity contribution in [2.24, 2.45) is 0 Å². The molecule has 0 aliphatic heterocycles. The maximum absolute atomic E-state index is 6.47.